The van der Waals surface area contributed by atoms with E-state index in [0.717, 1.165) is 12.0 Å². The number of thioether (sulfide) groups is 1. The molecule has 0 N–H and O–H groups in total. The van der Waals surface area contributed by atoms with Gasteiger partial charge < -0.3 is 4.74 Å². The Balaban J connectivity index is 1.88. The zero-order valence-corrected chi connectivity index (χ0v) is 18.0. The van der Waals surface area contributed by atoms with Gasteiger partial charge in [-0.25, -0.2) is 4.98 Å². The van der Waals surface area contributed by atoms with E-state index in [9.17, 15) is 4.79 Å². The van der Waals surface area contributed by atoms with Crippen LogP contribution in [0.3, 0.4) is 0 Å². The second kappa shape index (κ2) is 9.93. The Morgan fingerprint density at radius 1 is 1.24 bits per heavy atom. The van der Waals surface area contributed by atoms with E-state index in [-0.39, 0.29) is 11.7 Å². The van der Waals surface area contributed by atoms with Crippen LogP contribution in [0, 0.1) is 11.3 Å². The number of benzene rings is 2. The SMILES string of the molecule is CC(C)OCCCn1c(SCc2ccc(C#N)cc2)nc2cc(Cl)ccc2c1=O. The molecule has 5 nitrogen and oxygen atoms in total. The molecule has 0 aliphatic rings. The Bertz CT molecular complexity index is 1090. The molecule has 0 bridgehead atoms. The fraction of sp³-hybridized carbons (Fsp3) is 0.318. The number of rotatable bonds is 8. The Hall–Kier alpha value is -2.33. The number of nitriles is 1. The van der Waals surface area contributed by atoms with E-state index in [1.807, 2.05) is 26.0 Å². The number of hydrogen-bond acceptors (Lipinski definition) is 5. The standard InChI is InChI=1S/C22H22ClN3O2S/c1-15(2)28-11-3-10-26-21(27)19-9-8-18(23)12-20(19)25-22(26)29-14-17-6-4-16(13-24)5-7-17/h4-9,12,15H,3,10-11,14H2,1-2H3. The Morgan fingerprint density at radius 3 is 2.69 bits per heavy atom. The lowest BCUT2D eigenvalue weighted by Crippen LogP contribution is -2.24. The average Bonchev–Trinajstić information content (AvgIpc) is 2.71. The summed E-state index contributed by atoms with van der Waals surface area (Å²) in [7, 11) is 0. The van der Waals surface area contributed by atoms with Crippen LogP contribution in [0.2, 0.25) is 5.02 Å². The summed E-state index contributed by atoms with van der Waals surface area (Å²) < 4.78 is 7.33. The van der Waals surface area contributed by atoms with Gasteiger partial charge in [0.1, 0.15) is 0 Å². The summed E-state index contributed by atoms with van der Waals surface area (Å²) in [5.41, 5.74) is 2.21. The molecule has 0 fully saturated rings. The maximum Gasteiger partial charge on any atom is 0.262 e. The average molecular weight is 428 g/mol. The highest BCUT2D eigenvalue weighted by molar-refractivity contribution is 7.98. The van der Waals surface area contributed by atoms with Gasteiger partial charge in [-0.05, 0) is 56.2 Å². The second-order valence-electron chi connectivity index (χ2n) is 6.88. The lowest BCUT2D eigenvalue weighted by Gasteiger charge is -2.14. The molecule has 29 heavy (non-hydrogen) atoms. The zero-order chi connectivity index (χ0) is 20.8. The summed E-state index contributed by atoms with van der Waals surface area (Å²) in [6, 6.07) is 14.7. The van der Waals surface area contributed by atoms with Crippen LogP contribution < -0.4 is 5.56 Å². The van der Waals surface area contributed by atoms with Crippen molar-refractivity contribution >= 4 is 34.3 Å². The predicted octanol–water partition coefficient (Wildman–Crippen LogP) is 5.03. The summed E-state index contributed by atoms with van der Waals surface area (Å²) >= 11 is 7.60. The summed E-state index contributed by atoms with van der Waals surface area (Å²) in [5, 5.41) is 10.7. The van der Waals surface area contributed by atoms with Crippen molar-refractivity contribution in [2.75, 3.05) is 6.61 Å². The summed E-state index contributed by atoms with van der Waals surface area (Å²) in [6.45, 7) is 5.11. The normalized spacial score (nSPS) is 11.1. The van der Waals surface area contributed by atoms with E-state index in [1.165, 1.54) is 11.8 Å². The zero-order valence-electron chi connectivity index (χ0n) is 16.4. The molecule has 0 radical (unpaired) electrons. The Morgan fingerprint density at radius 2 is 2.00 bits per heavy atom. The smallest absolute Gasteiger partial charge is 0.262 e. The van der Waals surface area contributed by atoms with E-state index in [2.05, 4.69) is 6.07 Å². The van der Waals surface area contributed by atoms with E-state index in [1.54, 1.807) is 34.9 Å². The number of ether oxygens (including phenoxy) is 1. The molecule has 0 aliphatic carbocycles. The lowest BCUT2D eigenvalue weighted by atomic mass is 10.2. The first-order valence-corrected chi connectivity index (χ1v) is 10.8. The minimum atomic E-state index is -0.0708. The first kappa shape index (κ1) is 21.4. The van der Waals surface area contributed by atoms with Crippen molar-refractivity contribution in [2.45, 2.75) is 43.8 Å². The predicted molar refractivity (Wildman–Crippen MR) is 117 cm³/mol. The van der Waals surface area contributed by atoms with Crippen LogP contribution in [0.25, 0.3) is 10.9 Å². The molecule has 0 unspecified atom stereocenters. The minimum absolute atomic E-state index is 0.0708. The number of hydrogen-bond donors (Lipinski definition) is 0. The Kier molecular flexibility index (Phi) is 7.32. The van der Waals surface area contributed by atoms with Crippen molar-refractivity contribution in [3.8, 4) is 6.07 Å². The molecule has 2 aromatic carbocycles. The number of fused-ring (bicyclic) bond motifs is 1. The van der Waals surface area contributed by atoms with E-state index in [0.29, 0.717) is 45.5 Å². The Labute approximate surface area is 179 Å². The summed E-state index contributed by atoms with van der Waals surface area (Å²) in [5.74, 6) is 0.646. The molecule has 3 aromatic rings. The van der Waals surface area contributed by atoms with Gasteiger partial charge in [0.25, 0.3) is 5.56 Å². The molecule has 0 atom stereocenters. The van der Waals surface area contributed by atoms with Crippen LogP contribution in [-0.4, -0.2) is 22.3 Å². The highest BCUT2D eigenvalue weighted by Gasteiger charge is 2.12. The summed E-state index contributed by atoms with van der Waals surface area (Å²) in [4.78, 5) is 17.8. The summed E-state index contributed by atoms with van der Waals surface area (Å²) in [6.07, 6.45) is 0.886. The molecular formula is C22H22ClN3O2S. The third kappa shape index (κ3) is 5.60. The number of aromatic nitrogens is 2. The van der Waals surface area contributed by atoms with Gasteiger partial charge in [0.05, 0.1) is 28.6 Å². The van der Waals surface area contributed by atoms with Gasteiger partial charge in [0.15, 0.2) is 5.16 Å². The van der Waals surface area contributed by atoms with Crippen molar-refractivity contribution in [2.24, 2.45) is 0 Å². The van der Waals surface area contributed by atoms with Gasteiger partial charge in [-0.15, -0.1) is 0 Å². The van der Waals surface area contributed by atoms with Gasteiger partial charge in [-0.3, -0.25) is 9.36 Å². The van der Waals surface area contributed by atoms with Crippen molar-refractivity contribution < 1.29 is 4.74 Å². The topological polar surface area (TPSA) is 67.9 Å². The molecular weight excluding hydrogens is 406 g/mol. The van der Waals surface area contributed by atoms with Crippen LogP contribution in [0.4, 0.5) is 0 Å². The highest BCUT2D eigenvalue weighted by Crippen LogP contribution is 2.24. The van der Waals surface area contributed by atoms with Crippen LogP contribution in [0.5, 0.6) is 0 Å². The van der Waals surface area contributed by atoms with Crippen LogP contribution >= 0.6 is 23.4 Å². The molecule has 7 heteroatoms. The fourth-order valence-electron chi connectivity index (χ4n) is 2.85. The molecule has 1 heterocycles. The maximum atomic E-state index is 13.1. The quantitative estimate of drug-likeness (QED) is 0.286. The van der Waals surface area contributed by atoms with Gasteiger partial charge in [-0.2, -0.15) is 5.26 Å². The van der Waals surface area contributed by atoms with Gasteiger partial charge in [0, 0.05) is 23.9 Å². The van der Waals surface area contributed by atoms with Crippen molar-refractivity contribution in [3.63, 3.8) is 0 Å². The van der Waals surface area contributed by atoms with E-state index >= 15 is 0 Å². The molecule has 150 valence electrons. The molecule has 1 aromatic heterocycles. The highest BCUT2D eigenvalue weighted by atomic mass is 35.5. The third-order valence-corrected chi connectivity index (χ3v) is 5.59. The molecule has 0 saturated heterocycles. The fourth-order valence-corrected chi connectivity index (χ4v) is 3.99. The number of nitrogens with zero attached hydrogens (tertiary/aromatic N) is 3. The van der Waals surface area contributed by atoms with Crippen molar-refractivity contribution in [1.29, 1.82) is 5.26 Å². The molecule has 0 spiro atoms. The molecule has 3 rings (SSSR count). The first-order chi connectivity index (χ1) is 14.0. The van der Waals surface area contributed by atoms with Gasteiger partial charge >= 0.3 is 0 Å². The van der Waals surface area contributed by atoms with E-state index < -0.39 is 0 Å². The van der Waals surface area contributed by atoms with Crippen LogP contribution in [0.1, 0.15) is 31.4 Å². The first-order valence-electron chi connectivity index (χ1n) is 9.41. The van der Waals surface area contributed by atoms with E-state index in [4.69, 9.17) is 26.6 Å². The molecule has 0 amide bonds. The molecule has 0 saturated carbocycles. The van der Waals surface area contributed by atoms with Crippen molar-refractivity contribution in [3.05, 3.63) is 69.0 Å². The lowest BCUT2D eigenvalue weighted by molar-refractivity contribution is 0.0743. The molecule has 0 aliphatic heterocycles. The third-order valence-electron chi connectivity index (χ3n) is 4.31. The van der Waals surface area contributed by atoms with Crippen molar-refractivity contribution in [1.82, 2.24) is 9.55 Å². The minimum Gasteiger partial charge on any atom is -0.379 e. The number of halogens is 1. The largest absolute Gasteiger partial charge is 0.379 e. The monoisotopic (exact) mass is 427 g/mol. The van der Waals surface area contributed by atoms with Crippen LogP contribution in [-0.2, 0) is 17.0 Å². The second-order valence-corrected chi connectivity index (χ2v) is 8.26. The van der Waals surface area contributed by atoms with Gasteiger partial charge in [-0.1, -0.05) is 35.5 Å². The van der Waals surface area contributed by atoms with Gasteiger partial charge in [0.2, 0.25) is 0 Å². The van der Waals surface area contributed by atoms with Crippen LogP contribution in [0.15, 0.2) is 52.4 Å². The maximum absolute atomic E-state index is 13.1.